The van der Waals surface area contributed by atoms with Crippen LogP contribution in [0.4, 0.5) is 5.69 Å². The maximum absolute atomic E-state index is 11.9. The zero-order chi connectivity index (χ0) is 16.4. The van der Waals surface area contributed by atoms with Crippen LogP contribution >= 0.6 is 23.2 Å². The smallest absolute Gasteiger partial charge is 0.315 e. The summed E-state index contributed by atoms with van der Waals surface area (Å²) < 4.78 is 9.27. The Morgan fingerprint density at radius 2 is 1.95 bits per heavy atom. The van der Waals surface area contributed by atoms with Gasteiger partial charge in [0.05, 0.1) is 12.3 Å². The van der Waals surface area contributed by atoms with Crippen LogP contribution in [0.1, 0.15) is 20.3 Å². The van der Waals surface area contributed by atoms with Gasteiger partial charge in [0.25, 0.3) is 5.91 Å². The monoisotopic (exact) mass is 345 g/mol. The van der Waals surface area contributed by atoms with Gasteiger partial charge in [0, 0.05) is 6.42 Å². The molecular formula is C15H17Cl2NO4. The topological polar surface area (TPSA) is 64.6 Å². The molecule has 0 radical (unpaired) electrons. The van der Waals surface area contributed by atoms with Gasteiger partial charge in [0.2, 0.25) is 0 Å². The summed E-state index contributed by atoms with van der Waals surface area (Å²) in [6, 6.07) is 7.01. The molecule has 0 saturated heterocycles. The second-order valence-corrected chi connectivity index (χ2v) is 6.75. The minimum absolute atomic E-state index is 0.316. The summed E-state index contributed by atoms with van der Waals surface area (Å²) in [6.45, 7) is 3.53. The van der Waals surface area contributed by atoms with E-state index in [1.807, 2.05) is 6.92 Å². The molecule has 2 rings (SSSR count). The average molecular weight is 346 g/mol. The first-order valence-corrected chi connectivity index (χ1v) is 7.62. The fourth-order valence-electron chi connectivity index (χ4n) is 1.95. The third kappa shape index (κ3) is 3.47. The number of rotatable bonds is 6. The Labute approximate surface area is 138 Å². The zero-order valence-corrected chi connectivity index (χ0v) is 13.8. The summed E-state index contributed by atoms with van der Waals surface area (Å²) in [5, 5.41) is 2.64. The minimum atomic E-state index is -1.11. The van der Waals surface area contributed by atoms with Crippen molar-refractivity contribution in [2.45, 2.75) is 24.6 Å². The van der Waals surface area contributed by atoms with Crippen LogP contribution in [0.3, 0.4) is 0 Å². The van der Waals surface area contributed by atoms with Crippen molar-refractivity contribution in [1.29, 1.82) is 0 Å². The molecule has 5 nitrogen and oxygen atoms in total. The molecule has 1 aliphatic rings. The zero-order valence-electron chi connectivity index (χ0n) is 12.3. The number of anilines is 1. The summed E-state index contributed by atoms with van der Waals surface area (Å²) in [4.78, 5) is 23.7. The van der Waals surface area contributed by atoms with Crippen molar-refractivity contribution in [3.05, 3.63) is 24.3 Å². The Bertz CT molecular complexity index is 591. The number of para-hydroxylation sites is 2. The number of nitrogens with one attached hydrogen (secondary N) is 1. The summed E-state index contributed by atoms with van der Waals surface area (Å²) in [5.74, 6) is -0.482. The SMILES string of the molecule is CCOc1ccccc1NC(=O)COC(=O)C1(C)CC1(Cl)Cl. The predicted molar refractivity (Wildman–Crippen MR) is 84.4 cm³/mol. The molecule has 1 saturated carbocycles. The molecule has 0 bridgehead atoms. The fraction of sp³-hybridized carbons (Fsp3) is 0.467. The number of hydrogen-bond donors (Lipinski definition) is 1. The second-order valence-electron chi connectivity index (χ2n) is 5.27. The number of alkyl halides is 2. The Morgan fingerprint density at radius 3 is 2.55 bits per heavy atom. The molecule has 7 heteroatoms. The van der Waals surface area contributed by atoms with E-state index in [2.05, 4.69) is 5.32 Å². The van der Waals surface area contributed by atoms with E-state index in [-0.39, 0.29) is 0 Å². The van der Waals surface area contributed by atoms with Crippen LogP contribution in [-0.2, 0) is 14.3 Å². The molecule has 0 heterocycles. The number of carbonyl (C=O) groups excluding carboxylic acids is 2. The van der Waals surface area contributed by atoms with Crippen molar-refractivity contribution >= 4 is 40.8 Å². The number of hydrogen-bond acceptors (Lipinski definition) is 4. The number of halogens is 2. The summed E-state index contributed by atoms with van der Waals surface area (Å²) in [6.07, 6.45) is 0.316. The van der Waals surface area contributed by atoms with Crippen LogP contribution in [0.25, 0.3) is 0 Å². The van der Waals surface area contributed by atoms with E-state index >= 15 is 0 Å². The molecule has 22 heavy (non-hydrogen) atoms. The third-order valence-corrected chi connectivity index (χ3v) is 4.61. The number of ether oxygens (including phenoxy) is 2. The molecular weight excluding hydrogens is 329 g/mol. The molecule has 0 spiro atoms. The standard InChI is InChI=1S/C15H17Cl2NO4/c1-3-21-11-7-5-4-6-10(11)18-12(19)8-22-13(20)14(2)9-15(14,16)17/h4-7H,3,8-9H2,1-2H3,(H,18,19). The highest BCUT2D eigenvalue weighted by molar-refractivity contribution is 6.53. The maximum Gasteiger partial charge on any atom is 0.315 e. The van der Waals surface area contributed by atoms with Gasteiger partial charge in [-0.15, -0.1) is 23.2 Å². The second kappa shape index (κ2) is 6.34. The Kier molecular flexibility index (Phi) is 4.87. The maximum atomic E-state index is 11.9. The first-order valence-electron chi connectivity index (χ1n) is 6.87. The van der Waals surface area contributed by atoms with Crippen LogP contribution in [0.2, 0.25) is 0 Å². The third-order valence-electron chi connectivity index (χ3n) is 3.50. The lowest BCUT2D eigenvalue weighted by atomic mass is 10.1. The van der Waals surface area contributed by atoms with Gasteiger partial charge in [-0.2, -0.15) is 0 Å². The average Bonchev–Trinajstić information content (AvgIpc) is 2.99. The molecule has 1 atom stereocenters. The first-order chi connectivity index (χ1) is 10.3. The van der Waals surface area contributed by atoms with Crippen LogP contribution < -0.4 is 10.1 Å². The Balaban J connectivity index is 1.88. The predicted octanol–water partition coefficient (Wildman–Crippen LogP) is 3.15. The number of benzene rings is 1. The minimum Gasteiger partial charge on any atom is -0.492 e. The Hall–Kier alpha value is -1.46. The molecule has 120 valence electrons. The highest BCUT2D eigenvalue weighted by Gasteiger charge is 2.69. The molecule has 1 aliphatic carbocycles. The van der Waals surface area contributed by atoms with Crippen molar-refractivity contribution in [2.75, 3.05) is 18.5 Å². The van der Waals surface area contributed by atoms with Crippen LogP contribution in [0, 0.1) is 5.41 Å². The lowest BCUT2D eigenvalue weighted by molar-refractivity contribution is -0.152. The van der Waals surface area contributed by atoms with Crippen molar-refractivity contribution in [3.8, 4) is 5.75 Å². The highest BCUT2D eigenvalue weighted by Crippen LogP contribution is 2.64. The van der Waals surface area contributed by atoms with E-state index in [1.165, 1.54) is 0 Å². The number of amides is 1. The van der Waals surface area contributed by atoms with Crippen molar-refractivity contribution in [3.63, 3.8) is 0 Å². The molecule has 1 amide bonds. The molecule has 0 aromatic heterocycles. The largest absolute Gasteiger partial charge is 0.492 e. The van der Waals surface area contributed by atoms with Gasteiger partial charge in [-0.05, 0) is 26.0 Å². The van der Waals surface area contributed by atoms with Gasteiger partial charge in [-0.1, -0.05) is 12.1 Å². The van der Waals surface area contributed by atoms with E-state index in [4.69, 9.17) is 32.7 Å². The fourth-order valence-corrected chi connectivity index (χ4v) is 2.64. The lowest BCUT2D eigenvalue weighted by Crippen LogP contribution is -2.26. The van der Waals surface area contributed by atoms with Gasteiger partial charge in [-0.25, -0.2) is 0 Å². The first kappa shape index (κ1) is 16.9. The quantitative estimate of drug-likeness (QED) is 0.635. The molecule has 1 fully saturated rings. The Morgan fingerprint density at radius 1 is 1.32 bits per heavy atom. The van der Waals surface area contributed by atoms with Crippen LogP contribution in [0.15, 0.2) is 24.3 Å². The van der Waals surface area contributed by atoms with E-state index in [0.29, 0.717) is 24.5 Å². The van der Waals surface area contributed by atoms with Gasteiger partial charge in [-0.3, -0.25) is 9.59 Å². The van der Waals surface area contributed by atoms with E-state index in [0.717, 1.165) is 0 Å². The van der Waals surface area contributed by atoms with Gasteiger partial charge >= 0.3 is 5.97 Å². The molecule has 1 aromatic carbocycles. The molecule has 1 unspecified atom stereocenters. The molecule has 0 aliphatic heterocycles. The highest BCUT2D eigenvalue weighted by atomic mass is 35.5. The van der Waals surface area contributed by atoms with Gasteiger partial charge < -0.3 is 14.8 Å². The van der Waals surface area contributed by atoms with Crippen molar-refractivity contribution in [1.82, 2.24) is 0 Å². The normalized spacial score (nSPS) is 21.8. The lowest BCUT2D eigenvalue weighted by Gasteiger charge is -2.13. The summed E-state index contributed by atoms with van der Waals surface area (Å²) in [5.41, 5.74) is -0.424. The molecule has 1 N–H and O–H groups in total. The van der Waals surface area contributed by atoms with Gasteiger partial charge in [0.15, 0.2) is 6.61 Å². The molecule has 1 aromatic rings. The summed E-state index contributed by atoms with van der Waals surface area (Å²) in [7, 11) is 0. The van der Waals surface area contributed by atoms with Gasteiger partial charge in [0.1, 0.15) is 15.5 Å². The number of esters is 1. The van der Waals surface area contributed by atoms with E-state index < -0.39 is 28.2 Å². The van der Waals surface area contributed by atoms with E-state index in [9.17, 15) is 9.59 Å². The van der Waals surface area contributed by atoms with Crippen molar-refractivity contribution in [2.24, 2.45) is 5.41 Å². The van der Waals surface area contributed by atoms with Crippen molar-refractivity contribution < 1.29 is 19.1 Å². The summed E-state index contributed by atoms with van der Waals surface area (Å²) >= 11 is 11.8. The van der Waals surface area contributed by atoms with Crippen LogP contribution in [-0.4, -0.2) is 29.4 Å². The van der Waals surface area contributed by atoms with E-state index in [1.54, 1.807) is 31.2 Å². The number of carbonyl (C=O) groups is 2. The van der Waals surface area contributed by atoms with Crippen LogP contribution in [0.5, 0.6) is 5.75 Å².